The number of hydrogen-bond acceptors (Lipinski definition) is 3. The predicted molar refractivity (Wildman–Crippen MR) is 65.8 cm³/mol. The van der Waals surface area contributed by atoms with E-state index in [0.29, 0.717) is 0 Å². The number of piperidine rings is 1. The van der Waals surface area contributed by atoms with Crippen LogP contribution in [-0.2, 0) is 7.05 Å². The minimum Gasteiger partial charge on any atom is -0.385 e. The highest BCUT2D eigenvalue weighted by molar-refractivity contribution is 5.85. The Morgan fingerprint density at radius 1 is 1.56 bits per heavy atom. The molecule has 1 aromatic heterocycles. The van der Waals surface area contributed by atoms with Gasteiger partial charge in [-0.05, 0) is 32.4 Å². The van der Waals surface area contributed by atoms with Gasteiger partial charge in [-0.1, -0.05) is 6.42 Å². The van der Waals surface area contributed by atoms with Gasteiger partial charge in [0.15, 0.2) is 0 Å². The second-order valence-corrected chi connectivity index (χ2v) is 4.34. The van der Waals surface area contributed by atoms with E-state index in [2.05, 4.69) is 10.4 Å². The van der Waals surface area contributed by atoms with E-state index in [0.717, 1.165) is 24.4 Å². The summed E-state index contributed by atoms with van der Waals surface area (Å²) in [5, 5.41) is 17.8. The van der Waals surface area contributed by atoms with Crippen LogP contribution in [0.15, 0.2) is 6.07 Å². The first-order valence-corrected chi connectivity index (χ1v) is 5.60. The Labute approximate surface area is 102 Å². The zero-order chi connectivity index (χ0) is 10.8. The quantitative estimate of drug-likeness (QED) is 0.827. The van der Waals surface area contributed by atoms with Crippen molar-refractivity contribution in [2.75, 3.05) is 6.54 Å². The van der Waals surface area contributed by atoms with Crippen molar-refractivity contribution in [1.82, 2.24) is 15.1 Å². The van der Waals surface area contributed by atoms with Crippen LogP contribution in [0.4, 0.5) is 0 Å². The number of aliphatic hydroxyl groups is 1. The number of nitrogens with zero attached hydrogens (tertiary/aromatic N) is 2. The summed E-state index contributed by atoms with van der Waals surface area (Å²) in [6, 6.07) is 2.13. The molecule has 0 aliphatic carbocycles. The van der Waals surface area contributed by atoms with Crippen LogP contribution in [0.2, 0.25) is 0 Å². The van der Waals surface area contributed by atoms with Gasteiger partial charge in [-0.2, -0.15) is 5.10 Å². The molecule has 2 unspecified atom stereocenters. The molecule has 92 valence electrons. The number of aromatic nitrogens is 2. The fourth-order valence-electron chi connectivity index (χ4n) is 2.09. The van der Waals surface area contributed by atoms with Crippen molar-refractivity contribution in [3.63, 3.8) is 0 Å². The molecule has 1 aliphatic rings. The molecule has 0 aromatic carbocycles. The lowest BCUT2D eigenvalue weighted by Crippen LogP contribution is -2.38. The fourth-order valence-corrected chi connectivity index (χ4v) is 2.09. The lowest BCUT2D eigenvalue weighted by atomic mass is 9.98. The van der Waals surface area contributed by atoms with Crippen molar-refractivity contribution in [2.45, 2.75) is 38.3 Å². The van der Waals surface area contributed by atoms with Crippen LogP contribution in [0.5, 0.6) is 0 Å². The zero-order valence-corrected chi connectivity index (χ0v) is 10.6. The third kappa shape index (κ3) is 2.75. The molecule has 2 atom stereocenters. The summed E-state index contributed by atoms with van der Waals surface area (Å²) in [6.07, 6.45) is 2.98. The van der Waals surface area contributed by atoms with Crippen LogP contribution in [0.1, 0.15) is 36.8 Å². The average Bonchev–Trinajstić information content (AvgIpc) is 2.59. The normalized spacial score (nSPS) is 22.6. The van der Waals surface area contributed by atoms with Gasteiger partial charge in [0.1, 0.15) is 6.10 Å². The molecule has 5 heteroatoms. The Bertz CT molecular complexity index is 314. The van der Waals surface area contributed by atoms with Crippen molar-refractivity contribution >= 4 is 12.4 Å². The maximum atomic E-state index is 10.1. The van der Waals surface area contributed by atoms with Crippen LogP contribution in [0.3, 0.4) is 0 Å². The molecule has 1 aliphatic heterocycles. The van der Waals surface area contributed by atoms with E-state index in [4.69, 9.17) is 0 Å². The van der Waals surface area contributed by atoms with E-state index in [1.165, 1.54) is 12.8 Å². The number of rotatable bonds is 2. The van der Waals surface area contributed by atoms with Crippen LogP contribution in [0.25, 0.3) is 0 Å². The van der Waals surface area contributed by atoms with Gasteiger partial charge in [-0.15, -0.1) is 12.4 Å². The summed E-state index contributed by atoms with van der Waals surface area (Å²) in [4.78, 5) is 0. The van der Waals surface area contributed by atoms with Crippen LogP contribution >= 0.6 is 12.4 Å². The van der Waals surface area contributed by atoms with E-state index >= 15 is 0 Å². The summed E-state index contributed by atoms with van der Waals surface area (Å²) in [5.41, 5.74) is 1.87. The van der Waals surface area contributed by atoms with Crippen molar-refractivity contribution < 1.29 is 5.11 Å². The molecule has 2 N–H and O–H groups in total. The number of hydrogen-bond donors (Lipinski definition) is 2. The molecule has 1 aromatic rings. The lowest BCUT2D eigenvalue weighted by Gasteiger charge is -2.26. The van der Waals surface area contributed by atoms with Crippen LogP contribution < -0.4 is 5.32 Å². The maximum Gasteiger partial charge on any atom is 0.113 e. The standard InChI is InChI=1S/C11H19N3O.ClH/c1-8-7-10(13-14(8)2)11(15)9-5-3-4-6-12-9;/h7,9,11-12,15H,3-6H2,1-2H3;1H. The molecule has 0 spiro atoms. The van der Waals surface area contributed by atoms with Gasteiger partial charge in [0.25, 0.3) is 0 Å². The van der Waals surface area contributed by atoms with E-state index in [-0.39, 0.29) is 18.4 Å². The zero-order valence-electron chi connectivity index (χ0n) is 9.81. The smallest absolute Gasteiger partial charge is 0.113 e. The fraction of sp³-hybridized carbons (Fsp3) is 0.727. The highest BCUT2D eigenvalue weighted by atomic mass is 35.5. The van der Waals surface area contributed by atoms with E-state index < -0.39 is 6.10 Å². The van der Waals surface area contributed by atoms with Gasteiger partial charge < -0.3 is 10.4 Å². The molecule has 0 radical (unpaired) electrons. The molecule has 4 nitrogen and oxygen atoms in total. The Kier molecular flexibility index (Phi) is 4.77. The first kappa shape index (κ1) is 13.5. The van der Waals surface area contributed by atoms with Crippen molar-refractivity contribution in [2.24, 2.45) is 7.05 Å². The van der Waals surface area contributed by atoms with Crippen LogP contribution in [-0.4, -0.2) is 27.5 Å². The lowest BCUT2D eigenvalue weighted by molar-refractivity contribution is 0.109. The highest BCUT2D eigenvalue weighted by Gasteiger charge is 2.24. The third-order valence-corrected chi connectivity index (χ3v) is 3.17. The third-order valence-electron chi connectivity index (χ3n) is 3.17. The first-order valence-electron chi connectivity index (χ1n) is 5.60. The van der Waals surface area contributed by atoms with E-state index in [9.17, 15) is 5.11 Å². The molecule has 0 saturated carbocycles. The largest absolute Gasteiger partial charge is 0.385 e. The van der Waals surface area contributed by atoms with E-state index in [1.807, 2.05) is 20.0 Å². The topological polar surface area (TPSA) is 50.1 Å². The van der Waals surface area contributed by atoms with Gasteiger partial charge in [0, 0.05) is 18.8 Å². The first-order chi connectivity index (χ1) is 7.18. The van der Waals surface area contributed by atoms with Gasteiger partial charge in [-0.3, -0.25) is 4.68 Å². The van der Waals surface area contributed by atoms with Crippen molar-refractivity contribution in [1.29, 1.82) is 0 Å². The number of aryl methyl sites for hydroxylation is 2. The number of aliphatic hydroxyl groups excluding tert-OH is 1. The maximum absolute atomic E-state index is 10.1. The summed E-state index contributed by atoms with van der Waals surface area (Å²) in [5.74, 6) is 0. The van der Waals surface area contributed by atoms with Crippen LogP contribution in [0, 0.1) is 6.92 Å². The van der Waals surface area contributed by atoms with Gasteiger partial charge in [0.05, 0.1) is 5.69 Å². The Morgan fingerprint density at radius 2 is 2.31 bits per heavy atom. The molecular weight excluding hydrogens is 226 g/mol. The minimum atomic E-state index is -0.467. The molecule has 0 bridgehead atoms. The number of halogens is 1. The molecular formula is C11H20ClN3O. The van der Waals surface area contributed by atoms with Gasteiger partial charge in [0.2, 0.25) is 0 Å². The predicted octanol–water partition coefficient (Wildman–Crippen LogP) is 1.33. The molecule has 1 fully saturated rings. The summed E-state index contributed by atoms with van der Waals surface area (Å²) in [7, 11) is 1.90. The molecule has 16 heavy (non-hydrogen) atoms. The SMILES string of the molecule is Cc1cc(C(O)C2CCCCN2)nn1C.Cl. The monoisotopic (exact) mass is 245 g/mol. The van der Waals surface area contributed by atoms with Crippen molar-refractivity contribution in [3.8, 4) is 0 Å². The minimum absolute atomic E-state index is 0. The second kappa shape index (κ2) is 5.66. The molecule has 2 rings (SSSR count). The van der Waals surface area contributed by atoms with Crippen molar-refractivity contribution in [3.05, 3.63) is 17.5 Å². The second-order valence-electron chi connectivity index (χ2n) is 4.34. The molecule has 0 amide bonds. The Morgan fingerprint density at radius 3 is 2.81 bits per heavy atom. The average molecular weight is 246 g/mol. The molecule has 2 heterocycles. The van der Waals surface area contributed by atoms with Gasteiger partial charge in [-0.25, -0.2) is 0 Å². The molecule has 1 saturated heterocycles. The Balaban J connectivity index is 0.00000128. The summed E-state index contributed by atoms with van der Waals surface area (Å²) < 4.78 is 1.81. The number of nitrogens with one attached hydrogen (secondary N) is 1. The summed E-state index contributed by atoms with van der Waals surface area (Å²) in [6.45, 7) is 3.01. The Hall–Kier alpha value is -0.580. The van der Waals surface area contributed by atoms with E-state index in [1.54, 1.807) is 4.68 Å². The highest BCUT2D eigenvalue weighted by Crippen LogP contribution is 2.22. The van der Waals surface area contributed by atoms with Gasteiger partial charge >= 0.3 is 0 Å². The summed E-state index contributed by atoms with van der Waals surface area (Å²) >= 11 is 0.